The predicted octanol–water partition coefficient (Wildman–Crippen LogP) is 5.86. The first-order valence-corrected chi connectivity index (χ1v) is 11.6. The molecule has 4 rings (SSSR count). The molecule has 0 spiro atoms. The number of rotatable bonds is 7. The number of aromatic nitrogens is 3. The van der Waals surface area contributed by atoms with Gasteiger partial charge in [0.2, 0.25) is 5.91 Å². The summed E-state index contributed by atoms with van der Waals surface area (Å²) in [4.78, 5) is 12.5. The van der Waals surface area contributed by atoms with Crippen molar-refractivity contribution in [1.29, 1.82) is 0 Å². The van der Waals surface area contributed by atoms with Crippen LogP contribution in [0.25, 0.3) is 5.69 Å². The van der Waals surface area contributed by atoms with Gasteiger partial charge in [0, 0.05) is 12.1 Å². The van der Waals surface area contributed by atoms with Crippen molar-refractivity contribution < 1.29 is 4.79 Å². The molecule has 0 aliphatic carbocycles. The maximum atomic E-state index is 12.5. The Balaban J connectivity index is 1.59. The lowest BCUT2D eigenvalue weighted by molar-refractivity contribution is -0.113. The van der Waals surface area contributed by atoms with E-state index in [0.717, 1.165) is 17.1 Å². The number of benzene rings is 3. The summed E-state index contributed by atoms with van der Waals surface area (Å²) in [6, 6.07) is 23.6. The number of anilines is 1. The summed E-state index contributed by atoms with van der Waals surface area (Å²) in [5.41, 5.74) is 5.14. The second kappa shape index (κ2) is 10.0. The van der Waals surface area contributed by atoms with Crippen LogP contribution in [0.3, 0.4) is 0 Å². The summed E-state index contributed by atoms with van der Waals surface area (Å²) >= 11 is 7.50. The first-order valence-electron chi connectivity index (χ1n) is 10.2. The van der Waals surface area contributed by atoms with Gasteiger partial charge in [-0.2, -0.15) is 0 Å². The van der Waals surface area contributed by atoms with Crippen molar-refractivity contribution in [1.82, 2.24) is 14.8 Å². The number of para-hydroxylation sites is 1. The minimum atomic E-state index is -0.151. The number of carbonyl (C=O) groups excluding carboxylic acids is 1. The van der Waals surface area contributed by atoms with Crippen molar-refractivity contribution in [3.05, 3.63) is 100 Å². The summed E-state index contributed by atoms with van der Waals surface area (Å²) in [5.74, 6) is 0.871. The Morgan fingerprint density at radius 2 is 1.72 bits per heavy atom. The molecule has 1 amide bonds. The van der Waals surface area contributed by atoms with Crippen LogP contribution in [-0.4, -0.2) is 26.4 Å². The van der Waals surface area contributed by atoms with Crippen molar-refractivity contribution in [3.63, 3.8) is 0 Å². The van der Waals surface area contributed by atoms with E-state index in [4.69, 9.17) is 11.6 Å². The van der Waals surface area contributed by atoms with Crippen molar-refractivity contribution in [2.75, 3.05) is 11.1 Å². The first-order chi connectivity index (χ1) is 15.5. The molecule has 0 bridgehead atoms. The maximum absolute atomic E-state index is 12.5. The first kappa shape index (κ1) is 22.1. The fourth-order valence-corrected chi connectivity index (χ4v) is 4.24. The lowest BCUT2D eigenvalue weighted by Crippen LogP contribution is -2.15. The molecule has 3 aromatic carbocycles. The average Bonchev–Trinajstić information content (AvgIpc) is 3.19. The molecule has 7 heteroatoms. The van der Waals surface area contributed by atoms with Gasteiger partial charge in [-0.3, -0.25) is 9.36 Å². The van der Waals surface area contributed by atoms with Crippen molar-refractivity contribution in [3.8, 4) is 5.69 Å². The third-order valence-electron chi connectivity index (χ3n) is 5.13. The van der Waals surface area contributed by atoms with Crippen LogP contribution in [0.5, 0.6) is 0 Å². The van der Waals surface area contributed by atoms with Crippen LogP contribution in [0.2, 0.25) is 5.02 Å². The highest BCUT2D eigenvalue weighted by Gasteiger charge is 2.17. The molecule has 0 saturated heterocycles. The molecule has 4 aromatic rings. The molecule has 1 N–H and O–H groups in total. The van der Waals surface area contributed by atoms with Gasteiger partial charge in [0.15, 0.2) is 5.16 Å². The molecule has 32 heavy (non-hydrogen) atoms. The average molecular weight is 463 g/mol. The summed E-state index contributed by atoms with van der Waals surface area (Å²) in [7, 11) is 0. The number of carbonyl (C=O) groups is 1. The molecule has 5 nitrogen and oxygen atoms in total. The van der Waals surface area contributed by atoms with Gasteiger partial charge >= 0.3 is 0 Å². The van der Waals surface area contributed by atoms with E-state index in [0.29, 0.717) is 22.3 Å². The van der Waals surface area contributed by atoms with Gasteiger partial charge in [-0.05, 0) is 54.8 Å². The zero-order valence-corrected chi connectivity index (χ0v) is 19.5. The molecule has 0 unspecified atom stereocenters. The van der Waals surface area contributed by atoms with Crippen molar-refractivity contribution in [2.24, 2.45) is 0 Å². The van der Waals surface area contributed by atoms with Crippen LogP contribution in [0, 0.1) is 13.8 Å². The fraction of sp³-hybridized carbons (Fsp3) is 0.160. The number of nitrogens with one attached hydrogen (secondary N) is 1. The Bertz CT molecular complexity index is 1240. The van der Waals surface area contributed by atoms with E-state index >= 15 is 0 Å². The molecule has 0 atom stereocenters. The standard InChI is InChI=1S/C25H23ClN4OS/c1-17-12-13-20(14-18(17)2)30-23(15-19-8-4-3-5-9-19)28-29-25(30)32-16-24(31)27-22-11-7-6-10-21(22)26/h3-14H,15-16H2,1-2H3,(H,27,31). The monoisotopic (exact) mass is 462 g/mol. The molecular formula is C25H23ClN4OS. The number of aryl methyl sites for hydroxylation is 2. The van der Waals surface area contributed by atoms with Gasteiger partial charge < -0.3 is 5.32 Å². The highest BCUT2D eigenvalue weighted by Crippen LogP contribution is 2.26. The molecule has 1 heterocycles. The van der Waals surface area contributed by atoms with E-state index in [-0.39, 0.29) is 11.7 Å². The third kappa shape index (κ3) is 5.21. The second-order valence-electron chi connectivity index (χ2n) is 7.48. The second-order valence-corrected chi connectivity index (χ2v) is 8.83. The van der Waals surface area contributed by atoms with E-state index in [1.54, 1.807) is 12.1 Å². The lowest BCUT2D eigenvalue weighted by Gasteiger charge is -2.12. The minimum absolute atomic E-state index is 0.151. The SMILES string of the molecule is Cc1ccc(-n2c(Cc3ccccc3)nnc2SCC(=O)Nc2ccccc2Cl)cc1C. The summed E-state index contributed by atoms with van der Waals surface area (Å²) in [6.07, 6.45) is 0.646. The Labute approximate surface area is 196 Å². The molecular weight excluding hydrogens is 440 g/mol. The largest absolute Gasteiger partial charge is 0.324 e. The van der Waals surface area contributed by atoms with E-state index < -0.39 is 0 Å². The highest BCUT2D eigenvalue weighted by molar-refractivity contribution is 7.99. The number of amides is 1. The van der Waals surface area contributed by atoms with Crippen LogP contribution in [0.4, 0.5) is 5.69 Å². The molecule has 0 fully saturated rings. The Morgan fingerprint density at radius 1 is 0.969 bits per heavy atom. The van der Waals surface area contributed by atoms with Crippen LogP contribution >= 0.6 is 23.4 Å². The smallest absolute Gasteiger partial charge is 0.234 e. The van der Waals surface area contributed by atoms with Crippen LogP contribution < -0.4 is 5.32 Å². The number of nitrogens with zero attached hydrogens (tertiary/aromatic N) is 3. The summed E-state index contributed by atoms with van der Waals surface area (Å²) in [6.45, 7) is 4.18. The van der Waals surface area contributed by atoms with Crippen LogP contribution in [0.1, 0.15) is 22.5 Å². The number of hydrogen-bond acceptors (Lipinski definition) is 4. The van der Waals surface area contributed by atoms with E-state index in [9.17, 15) is 4.79 Å². The van der Waals surface area contributed by atoms with E-state index in [1.807, 2.05) is 34.9 Å². The van der Waals surface area contributed by atoms with Gasteiger partial charge in [-0.25, -0.2) is 0 Å². The topological polar surface area (TPSA) is 59.8 Å². The number of hydrogen-bond donors (Lipinski definition) is 1. The molecule has 0 aliphatic rings. The van der Waals surface area contributed by atoms with Gasteiger partial charge in [0.25, 0.3) is 0 Å². The summed E-state index contributed by atoms with van der Waals surface area (Å²) < 4.78 is 2.03. The van der Waals surface area contributed by atoms with E-state index in [2.05, 4.69) is 59.7 Å². The molecule has 0 radical (unpaired) electrons. The zero-order valence-electron chi connectivity index (χ0n) is 17.9. The zero-order chi connectivity index (χ0) is 22.5. The van der Waals surface area contributed by atoms with E-state index in [1.165, 1.54) is 22.9 Å². The Kier molecular flexibility index (Phi) is 6.93. The van der Waals surface area contributed by atoms with Crippen molar-refractivity contribution in [2.45, 2.75) is 25.4 Å². The van der Waals surface area contributed by atoms with Gasteiger partial charge in [-0.1, -0.05) is 71.9 Å². The third-order valence-corrected chi connectivity index (χ3v) is 6.39. The normalized spacial score (nSPS) is 10.8. The quantitative estimate of drug-likeness (QED) is 0.349. The van der Waals surface area contributed by atoms with Crippen molar-refractivity contribution >= 4 is 35.0 Å². The molecule has 1 aromatic heterocycles. The van der Waals surface area contributed by atoms with Crippen LogP contribution in [-0.2, 0) is 11.2 Å². The van der Waals surface area contributed by atoms with Gasteiger partial charge in [0.1, 0.15) is 5.82 Å². The maximum Gasteiger partial charge on any atom is 0.234 e. The minimum Gasteiger partial charge on any atom is -0.324 e. The summed E-state index contributed by atoms with van der Waals surface area (Å²) in [5, 5.41) is 12.9. The lowest BCUT2D eigenvalue weighted by atomic mass is 10.1. The molecule has 162 valence electrons. The Hall–Kier alpha value is -3.09. The van der Waals surface area contributed by atoms with Crippen LogP contribution in [0.15, 0.2) is 78.0 Å². The number of halogens is 1. The van der Waals surface area contributed by atoms with Gasteiger partial charge in [0.05, 0.1) is 16.5 Å². The Morgan fingerprint density at radius 3 is 2.47 bits per heavy atom. The van der Waals surface area contributed by atoms with Gasteiger partial charge in [-0.15, -0.1) is 10.2 Å². The highest BCUT2D eigenvalue weighted by atomic mass is 35.5. The molecule has 0 saturated carbocycles. The fourth-order valence-electron chi connectivity index (χ4n) is 3.29. The number of thioether (sulfide) groups is 1. The molecule has 0 aliphatic heterocycles. The predicted molar refractivity (Wildman–Crippen MR) is 131 cm³/mol.